The van der Waals surface area contributed by atoms with Gasteiger partial charge >= 0.3 is 0 Å². The number of hydrogen-bond donors (Lipinski definition) is 1. The number of nitrogens with zero attached hydrogens (tertiary/aromatic N) is 1. The molecule has 0 unspecified atom stereocenters. The van der Waals surface area contributed by atoms with E-state index in [9.17, 15) is 9.90 Å². The summed E-state index contributed by atoms with van der Waals surface area (Å²) in [4.78, 5) is 16.8. The molecular formula is C19H17NO2. The summed E-state index contributed by atoms with van der Waals surface area (Å²) in [6.45, 7) is 6.03. The number of allylic oxidation sites excluding steroid dienone is 1. The molecule has 0 saturated heterocycles. The van der Waals surface area contributed by atoms with Gasteiger partial charge in [0.15, 0.2) is 5.78 Å². The van der Waals surface area contributed by atoms with E-state index in [1.807, 2.05) is 20.8 Å². The zero-order chi connectivity index (χ0) is 15.9. The lowest BCUT2D eigenvalue weighted by Crippen LogP contribution is -1.99. The number of fused-ring (bicyclic) bond motifs is 1. The van der Waals surface area contributed by atoms with Gasteiger partial charge < -0.3 is 5.11 Å². The molecule has 0 fully saturated rings. The number of aliphatic hydroxyl groups excluding tert-OH is 1. The van der Waals surface area contributed by atoms with Crippen LogP contribution in [0.3, 0.4) is 0 Å². The number of carbonyl (C=O) groups is 1. The Bertz CT molecular complexity index is 821. The summed E-state index contributed by atoms with van der Waals surface area (Å²) in [6, 6.07) is 11.2. The minimum Gasteiger partial charge on any atom is -0.506 e. The summed E-state index contributed by atoms with van der Waals surface area (Å²) in [5.74, 6) is -0.175. The number of aryl methyl sites for hydroxylation is 3. The second kappa shape index (κ2) is 5.26. The van der Waals surface area contributed by atoms with Crippen LogP contribution in [0.1, 0.15) is 32.6 Å². The van der Waals surface area contributed by atoms with Gasteiger partial charge in [0.25, 0.3) is 0 Å². The fraction of sp³-hybridized carbons (Fsp3) is 0.158. The minimum atomic E-state index is -0.181. The minimum absolute atomic E-state index is 0.00627. The molecule has 0 radical (unpaired) electrons. The van der Waals surface area contributed by atoms with Crippen LogP contribution in [0.2, 0.25) is 0 Å². The van der Waals surface area contributed by atoms with Gasteiger partial charge in [0.05, 0.1) is 11.3 Å². The second-order valence-electron chi connectivity index (χ2n) is 5.64. The van der Waals surface area contributed by atoms with Crippen molar-refractivity contribution in [1.29, 1.82) is 0 Å². The number of Topliss-reactive ketones (excluding diaryl/α,β-unsaturated/α-hetero) is 1. The van der Waals surface area contributed by atoms with Crippen molar-refractivity contribution >= 4 is 23.4 Å². The third kappa shape index (κ3) is 2.25. The van der Waals surface area contributed by atoms with Crippen molar-refractivity contribution in [3.63, 3.8) is 0 Å². The van der Waals surface area contributed by atoms with Crippen molar-refractivity contribution in [2.24, 2.45) is 4.99 Å². The lowest BCUT2D eigenvalue weighted by atomic mass is 10.1. The largest absolute Gasteiger partial charge is 0.506 e. The molecule has 0 spiro atoms. The predicted molar refractivity (Wildman–Crippen MR) is 89.1 cm³/mol. The monoisotopic (exact) mass is 291 g/mol. The van der Waals surface area contributed by atoms with E-state index in [0.717, 1.165) is 16.8 Å². The van der Waals surface area contributed by atoms with Gasteiger partial charge in [-0.3, -0.25) is 9.79 Å². The summed E-state index contributed by atoms with van der Waals surface area (Å²) in [5.41, 5.74) is 5.48. The second-order valence-corrected chi connectivity index (χ2v) is 5.64. The Morgan fingerprint density at radius 1 is 1.00 bits per heavy atom. The van der Waals surface area contributed by atoms with E-state index >= 15 is 0 Å². The van der Waals surface area contributed by atoms with Crippen LogP contribution < -0.4 is 0 Å². The third-order valence-electron chi connectivity index (χ3n) is 3.88. The van der Waals surface area contributed by atoms with Crippen LogP contribution in [0.4, 0.5) is 5.69 Å². The van der Waals surface area contributed by atoms with Crippen LogP contribution in [-0.2, 0) is 0 Å². The standard InChI is InChI=1S/C19H17NO2/c1-11-8-12(2)17(13(3)9-11)20-10-16-18(21)14-6-4-5-7-15(14)19(16)22/h4-10,21H,1-3H3. The quantitative estimate of drug-likeness (QED) is 0.829. The normalized spacial score (nSPS) is 14.0. The maximum absolute atomic E-state index is 12.3. The van der Waals surface area contributed by atoms with Gasteiger partial charge in [0.2, 0.25) is 0 Å². The molecule has 0 atom stereocenters. The molecule has 0 saturated carbocycles. The summed E-state index contributed by atoms with van der Waals surface area (Å²) in [5, 5.41) is 10.2. The van der Waals surface area contributed by atoms with E-state index in [2.05, 4.69) is 17.1 Å². The molecule has 1 aliphatic rings. The van der Waals surface area contributed by atoms with Gasteiger partial charge in [0.1, 0.15) is 5.76 Å². The molecule has 1 aliphatic carbocycles. The van der Waals surface area contributed by atoms with Crippen LogP contribution in [0.25, 0.3) is 5.76 Å². The van der Waals surface area contributed by atoms with Crippen molar-refractivity contribution in [3.05, 3.63) is 69.8 Å². The van der Waals surface area contributed by atoms with E-state index in [1.165, 1.54) is 11.8 Å². The molecule has 3 nitrogen and oxygen atoms in total. The van der Waals surface area contributed by atoms with Crippen molar-refractivity contribution < 1.29 is 9.90 Å². The number of aliphatic imine (C=N–C) groups is 1. The van der Waals surface area contributed by atoms with Gasteiger partial charge in [-0.1, -0.05) is 42.0 Å². The fourth-order valence-corrected chi connectivity index (χ4v) is 2.91. The van der Waals surface area contributed by atoms with Gasteiger partial charge in [-0.2, -0.15) is 0 Å². The Morgan fingerprint density at radius 2 is 1.59 bits per heavy atom. The summed E-state index contributed by atoms with van der Waals surface area (Å²) in [6.07, 6.45) is 1.47. The Labute approximate surface area is 129 Å². The molecule has 0 aliphatic heterocycles. The topological polar surface area (TPSA) is 49.7 Å². The molecule has 110 valence electrons. The maximum atomic E-state index is 12.3. The van der Waals surface area contributed by atoms with E-state index in [0.29, 0.717) is 11.1 Å². The van der Waals surface area contributed by atoms with Crippen molar-refractivity contribution in [1.82, 2.24) is 0 Å². The molecule has 0 amide bonds. The number of rotatable bonds is 2. The Hall–Kier alpha value is -2.68. The first kappa shape index (κ1) is 14.3. The summed E-state index contributed by atoms with van der Waals surface area (Å²) >= 11 is 0. The zero-order valence-electron chi connectivity index (χ0n) is 12.8. The van der Waals surface area contributed by atoms with E-state index in [1.54, 1.807) is 24.3 Å². The average Bonchev–Trinajstić information content (AvgIpc) is 2.71. The van der Waals surface area contributed by atoms with Gasteiger partial charge in [0, 0.05) is 17.3 Å². The predicted octanol–water partition coefficient (Wildman–Crippen LogP) is 4.48. The highest BCUT2D eigenvalue weighted by Crippen LogP contribution is 2.31. The Morgan fingerprint density at radius 3 is 2.18 bits per heavy atom. The molecule has 0 heterocycles. The van der Waals surface area contributed by atoms with Crippen LogP contribution in [0.15, 0.2) is 47.0 Å². The first-order valence-electron chi connectivity index (χ1n) is 7.18. The molecule has 3 heteroatoms. The first-order valence-corrected chi connectivity index (χ1v) is 7.18. The van der Waals surface area contributed by atoms with E-state index < -0.39 is 0 Å². The van der Waals surface area contributed by atoms with Crippen molar-refractivity contribution in [2.45, 2.75) is 20.8 Å². The Kier molecular flexibility index (Phi) is 3.41. The molecule has 1 N–H and O–H groups in total. The summed E-state index contributed by atoms with van der Waals surface area (Å²) in [7, 11) is 0. The van der Waals surface area contributed by atoms with Gasteiger partial charge in [-0.05, 0) is 31.9 Å². The number of benzene rings is 2. The Balaban J connectivity index is 2.02. The van der Waals surface area contributed by atoms with Gasteiger partial charge in [-0.25, -0.2) is 0 Å². The first-order chi connectivity index (χ1) is 10.5. The lowest BCUT2D eigenvalue weighted by molar-refractivity contribution is 0.104. The fourth-order valence-electron chi connectivity index (χ4n) is 2.91. The average molecular weight is 291 g/mol. The number of aliphatic hydroxyl groups is 1. The van der Waals surface area contributed by atoms with Crippen molar-refractivity contribution in [2.75, 3.05) is 0 Å². The zero-order valence-corrected chi connectivity index (χ0v) is 12.8. The highest BCUT2D eigenvalue weighted by molar-refractivity contribution is 6.30. The van der Waals surface area contributed by atoms with Crippen LogP contribution in [-0.4, -0.2) is 17.1 Å². The molecule has 0 aromatic heterocycles. The smallest absolute Gasteiger partial charge is 0.199 e. The molecule has 0 bridgehead atoms. The van der Waals surface area contributed by atoms with E-state index in [4.69, 9.17) is 0 Å². The van der Waals surface area contributed by atoms with Crippen LogP contribution >= 0.6 is 0 Å². The van der Waals surface area contributed by atoms with Crippen molar-refractivity contribution in [3.8, 4) is 0 Å². The maximum Gasteiger partial charge on any atom is 0.199 e. The number of ketones is 1. The third-order valence-corrected chi connectivity index (χ3v) is 3.88. The van der Waals surface area contributed by atoms with Crippen LogP contribution in [0, 0.1) is 20.8 Å². The highest BCUT2D eigenvalue weighted by atomic mass is 16.3. The molecule has 3 rings (SSSR count). The number of carbonyl (C=O) groups excluding carboxylic acids is 1. The molecule has 2 aromatic rings. The number of hydrogen-bond acceptors (Lipinski definition) is 3. The molecule has 22 heavy (non-hydrogen) atoms. The molecule has 2 aromatic carbocycles. The SMILES string of the molecule is Cc1cc(C)c(N=CC2=C(O)c3ccccc3C2=O)c(C)c1. The van der Waals surface area contributed by atoms with E-state index in [-0.39, 0.29) is 17.1 Å². The lowest BCUT2D eigenvalue weighted by Gasteiger charge is -2.06. The van der Waals surface area contributed by atoms with Crippen LogP contribution in [0.5, 0.6) is 0 Å². The van der Waals surface area contributed by atoms with Gasteiger partial charge in [-0.15, -0.1) is 0 Å². The molecular weight excluding hydrogens is 274 g/mol. The highest BCUT2D eigenvalue weighted by Gasteiger charge is 2.27. The summed E-state index contributed by atoms with van der Waals surface area (Å²) < 4.78 is 0.